The minimum absolute atomic E-state index is 0.0381. The van der Waals surface area contributed by atoms with Crippen LogP contribution in [0.25, 0.3) is 22.5 Å². The molecule has 2 heterocycles. The molecule has 1 atom stereocenters. The second-order valence-corrected chi connectivity index (χ2v) is 14.1. The summed E-state index contributed by atoms with van der Waals surface area (Å²) in [6.45, 7) is 0.420. The Kier molecular flexibility index (Phi) is 7.40. The maximum absolute atomic E-state index is 14.5. The van der Waals surface area contributed by atoms with Gasteiger partial charge in [-0.3, -0.25) is 9.36 Å². The number of hydrogen-bond donors (Lipinski definition) is 0. The molecule has 8 rings (SSSR count). The van der Waals surface area contributed by atoms with Crippen LogP contribution in [0.3, 0.4) is 0 Å². The SMILES string of the molecule is O=c1/c(=C\c2c(OCc3ccc(Br)cc3)ccc3ccccc23)sc2n1[C@@H](c1ccc(Br)cc1)C1=C(N=2)c2ccccc2CC1. The Morgan fingerprint density at radius 3 is 2.40 bits per heavy atom. The van der Waals surface area contributed by atoms with Crippen LogP contribution in [0.5, 0.6) is 5.75 Å². The summed E-state index contributed by atoms with van der Waals surface area (Å²) in [6, 6.07) is 37.0. The average molecular weight is 735 g/mol. The molecule has 0 radical (unpaired) electrons. The van der Waals surface area contributed by atoms with Crippen molar-refractivity contribution in [2.24, 2.45) is 4.99 Å². The third kappa shape index (κ3) is 5.23. The van der Waals surface area contributed by atoms with Crippen LogP contribution in [0.1, 0.15) is 40.3 Å². The van der Waals surface area contributed by atoms with E-state index in [0.29, 0.717) is 15.9 Å². The Bertz CT molecular complexity index is 2320. The van der Waals surface area contributed by atoms with Gasteiger partial charge >= 0.3 is 0 Å². The first-order valence-corrected chi connectivity index (χ1v) is 17.2. The first-order chi connectivity index (χ1) is 22.0. The van der Waals surface area contributed by atoms with E-state index in [4.69, 9.17) is 9.73 Å². The summed E-state index contributed by atoms with van der Waals surface area (Å²) in [5.74, 6) is 0.736. The van der Waals surface area contributed by atoms with Gasteiger partial charge in [0.15, 0.2) is 4.80 Å². The molecular weight excluding hydrogens is 708 g/mol. The monoisotopic (exact) mass is 732 g/mol. The van der Waals surface area contributed by atoms with Crippen LogP contribution in [-0.2, 0) is 13.0 Å². The highest BCUT2D eigenvalue weighted by Crippen LogP contribution is 2.41. The van der Waals surface area contributed by atoms with Gasteiger partial charge in [-0.2, -0.15) is 0 Å². The molecule has 6 aromatic rings. The van der Waals surface area contributed by atoms with E-state index in [1.807, 2.05) is 65.2 Å². The van der Waals surface area contributed by atoms with Gasteiger partial charge in [0.2, 0.25) is 0 Å². The quantitative estimate of drug-likeness (QED) is 0.178. The van der Waals surface area contributed by atoms with E-state index in [9.17, 15) is 4.79 Å². The van der Waals surface area contributed by atoms with Gasteiger partial charge in [-0.05, 0) is 82.3 Å². The Labute approximate surface area is 280 Å². The van der Waals surface area contributed by atoms with Crippen molar-refractivity contribution >= 4 is 65.7 Å². The maximum Gasteiger partial charge on any atom is 0.271 e. The van der Waals surface area contributed by atoms with Crippen molar-refractivity contribution in [3.8, 4) is 5.75 Å². The first-order valence-electron chi connectivity index (χ1n) is 14.8. The van der Waals surface area contributed by atoms with Gasteiger partial charge in [-0.1, -0.05) is 122 Å². The standard InChI is InChI=1S/C38H26Br2N2O2S/c39-27-15-9-23(10-16-27)22-44-33-20-14-24-5-1-3-7-29(24)32(33)21-34-37(43)42-36(26-11-17-28(40)18-12-26)31-19-13-25-6-2-4-8-30(25)35(31)41-38(42)45-34/h1-12,14-18,20-21,36H,13,19,22H2/b34-21+/t36-/m0/s1. The fourth-order valence-electron chi connectivity index (χ4n) is 6.39. The van der Waals surface area contributed by atoms with E-state index in [2.05, 4.69) is 86.5 Å². The van der Waals surface area contributed by atoms with Gasteiger partial charge < -0.3 is 4.74 Å². The number of allylic oxidation sites excluding steroid dienone is 1. The van der Waals surface area contributed by atoms with Gasteiger partial charge in [0.1, 0.15) is 12.4 Å². The van der Waals surface area contributed by atoms with Crippen molar-refractivity contribution in [3.63, 3.8) is 0 Å². The number of ether oxygens (including phenoxy) is 1. The Balaban J connectivity index is 1.32. The van der Waals surface area contributed by atoms with E-state index in [0.717, 1.165) is 66.3 Å². The summed E-state index contributed by atoms with van der Waals surface area (Å²) in [5.41, 5.74) is 7.66. The van der Waals surface area contributed by atoms with E-state index < -0.39 is 0 Å². The van der Waals surface area contributed by atoms with Gasteiger partial charge in [0.25, 0.3) is 5.56 Å². The van der Waals surface area contributed by atoms with Crippen LogP contribution in [0.15, 0.2) is 134 Å². The molecule has 5 aromatic carbocycles. The fourth-order valence-corrected chi connectivity index (χ4v) is 7.90. The Morgan fingerprint density at radius 1 is 0.844 bits per heavy atom. The summed E-state index contributed by atoms with van der Waals surface area (Å²) in [7, 11) is 0. The number of aromatic nitrogens is 1. The van der Waals surface area contributed by atoms with E-state index in [1.54, 1.807) is 0 Å². The van der Waals surface area contributed by atoms with Crippen molar-refractivity contribution in [3.05, 3.63) is 171 Å². The molecule has 0 bridgehead atoms. The molecule has 0 fully saturated rings. The largest absolute Gasteiger partial charge is 0.488 e. The number of nitrogens with zero attached hydrogens (tertiary/aromatic N) is 2. The van der Waals surface area contributed by atoms with Crippen LogP contribution in [0.2, 0.25) is 0 Å². The maximum atomic E-state index is 14.5. The normalized spacial score (nSPS) is 15.8. The third-order valence-electron chi connectivity index (χ3n) is 8.57. The minimum atomic E-state index is -0.222. The molecule has 45 heavy (non-hydrogen) atoms. The topological polar surface area (TPSA) is 43.6 Å². The van der Waals surface area contributed by atoms with Crippen molar-refractivity contribution in [2.45, 2.75) is 25.5 Å². The summed E-state index contributed by atoms with van der Waals surface area (Å²) < 4.78 is 11.0. The summed E-state index contributed by atoms with van der Waals surface area (Å²) in [5, 5.41) is 2.13. The lowest BCUT2D eigenvalue weighted by Gasteiger charge is -2.30. The first kappa shape index (κ1) is 28.4. The zero-order valence-corrected chi connectivity index (χ0v) is 28.0. The predicted molar refractivity (Wildman–Crippen MR) is 189 cm³/mol. The third-order valence-corrected chi connectivity index (χ3v) is 10.6. The van der Waals surface area contributed by atoms with Crippen molar-refractivity contribution in [1.29, 1.82) is 0 Å². The predicted octanol–water partition coefficient (Wildman–Crippen LogP) is 8.58. The lowest BCUT2D eigenvalue weighted by Crippen LogP contribution is -2.38. The number of benzene rings is 5. The second kappa shape index (κ2) is 11.7. The van der Waals surface area contributed by atoms with Crippen molar-refractivity contribution < 1.29 is 4.74 Å². The summed E-state index contributed by atoms with van der Waals surface area (Å²) in [6.07, 6.45) is 3.78. The number of halogens is 2. The van der Waals surface area contributed by atoms with Gasteiger partial charge in [-0.15, -0.1) is 0 Å². The number of aryl methyl sites for hydroxylation is 1. The molecule has 0 N–H and O–H groups in total. The Hall–Kier alpha value is -4.04. The number of thiazole rings is 1. The van der Waals surface area contributed by atoms with E-state index in [-0.39, 0.29) is 11.6 Å². The Morgan fingerprint density at radius 2 is 1.58 bits per heavy atom. The molecule has 0 saturated carbocycles. The molecule has 0 saturated heterocycles. The van der Waals surface area contributed by atoms with Gasteiger partial charge in [0.05, 0.1) is 16.3 Å². The molecule has 1 aromatic heterocycles. The number of fused-ring (bicyclic) bond motifs is 4. The van der Waals surface area contributed by atoms with Crippen molar-refractivity contribution in [1.82, 2.24) is 4.57 Å². The molecule has 2 aliphatic rings. The zero-order chi connectivity index (χ0) is 30.5. The average Bonchev–Trinajstić information content (AvgIpc) is 3.38. The molecule has 0 unspecified atom stereocenters. The lowest BCUT2D eigenvalue weighted by molar-refractivity contribution is 0.306. The van der Waals surface area contributed by atoms with Crippen LogP contribution in [0.4, 0.5) is 0 Å². The minimum Gasteiger partial charge on any atom is -0.488 e. The highest BCUT2D eigenvalue weighted by Gasteiger charge is 2.32. The number of rotatable bonds is 5. The molecule has 0 spiro atoms. The van der Waals surface area contributed by atoms with E-state index in [1.165, 1.54) is 22.5 Å². The van der Waals surface area contributed by atoms with Gasteiger partial charge in [-0.25, -0.2) is 4.99 Å². The fraction of sp³-hybridized carbons (Fsp3) is 0.105. The molecule has 0 amide bonds. The molecule has 1 aliphatic heterocycles. The van der Waals surface area contributed by atoms with Crippen LogP contribution in [0, 0.1) is 0 Å². The highest BCUT2D eigenvalue weighted by atomic mass is 79.9. The highest BCUT2D eigenvalue weighted by molar-refractivity contribution is 9.10. The lowest BCUT2D eigenvalue weighted by atomic mass is 9.83. The molecule has 220 valence electrons. The van der Waals surface area contributed by atoms with Crippen LogP contribution in [-0.4, -0.2) is 4.57 Å². The zero-order valence-electron chi connectivity index (χ0n) is 24.0. The van der Waals surface area contributed by atoms with Gasteiger partial charge in [0, 0.05) is 20.1 Å². The van der Waals surface area contributed by atoms with Crippen LogP contribution >= 0.6 is 43.2 Å². The number of hydrogen-bond acceptors (Lipinski definition) is 4. The smallest absolute Gasteiger partial charge is 0.271 e. The van der Waals surface area contributed by atoms with Crippen LogP contribution < -0.4 is 19.6 Å². The van der Waals surface area contributed by atoms with E-state index >= 15 is 0 Å². The molecule has 4 nitrogen and oxygen atoms in total. The summed E-state index contributed by atoms with van der Waals surface area (Å²) in [4.78, 5) is 20.4. The molecule has 1 aliphatic carbocycles. The second-order valence-electron chi connectivity index (χ2n) is 11.3. The molecule has 7 heteroatoms. The molecular formula is C38H26Br2N2O2S. The van der Waals surface area contributed by atoms with Crippen molar-refractivity contribution in [2.75, 3.05) is 0 Å². The summed E-state index contributed by atoms with van der Waals surface area (Å²) >= 11 is 8.54.